The predicted molar refractivity (Wildman–Crippen MR) is 161 cm³/mol. The van der Waals surface area contributed by atoms with E-state index >= 15 is 0 Å². The second-order valence-electron chi connectivity index (χ2n) is 10.7. The van der Waals surface area contributed by atoms with Gasteiger partial charge in [-0.2, -0.15) is 0 Å². The third kappa shape index (κ3) is 8.27. The Morgan fingerprint density at radius 2 is 1.66 bits per heavy atom. The molecule has 0 aromatic heterocycles. The van der Waals surface area contributed by atoms with Crippen molar-refractivity contribution in [3.63, 3.8) is 0 Å². The summed E-state index contributed by atoms with van der Waals surface area (Å²) in [4.78, 5) is 40.1. The van der Waals surface area contributed by atoms with Gasteiger partial charge in [-0.3, -0.25) is 9.69 Å². The van der Waals surface area contributed by atoms with Gasteiger partial charge in [-0.05, 0) is 50.6 Å². The molecule has 8 nitrogen and oxygen atoms in total. The number of ketones is 1. The monoisotopic (exact) mass is 576 g/mol. The number of nitrogens with one attached hydrogen (secondary N) is 1. The van der Waals surface area contributed by atoms with Gasteiger partial charge in [-0.25, -0.2) is 9.59 Å². The number of para-hydroxylation sites is 1. The third-order valence-electron chi connectivity index (χ3n) is 6.44. The highest BCUT2D eigenvalue weighted by molar-refractivity contribution is 7.99. The van der Waals surface area contributed by atoms with Crippen molar-refractivity contribution >= 4 is 35.3 Å². The van der Waals surface area contributed by atoms with E-state index in [1.54, 1.807) is 47.0 Å². The number of hydrogen-bond acceptors (Lipinski definition) is 8. The van der Waals surface area contributed by atoms with E-state index < -0.39 is 17.6 Å². The molecule has 3 aromatic carbocycles. The van der Waals surface area contributed by atoms with Gasteiger partial charge in [-0.15, -0.1) is 11.8 Å². The molecule has 2 atom stereocenters. The molecule has 1 aliphatic rings. The molecule has 1 N–H and O–H groups in total. The summed E-state index contributed by atoms with van der Waals surface area (Å²) in [6.45, 7) is 5.91. The van der Waals surface area contributed by atoms with Crippen molar-refractivity contribution in [2.45, 2.75) is 44.9 Å². The molecule has 0 radical (unpaired) electrons. The third-order valence-corrected chi connectivity index (χ3v) is 7.52. The van der Waals surface area contributed by atoms with Crippen LogP contribution >= 0.6 is 11.8 Å². The van der Waals surface area contributed by atoms with Gasteiger partial charge in [0.2, 0.25) is 0 Å². The Morgan fingerprint density at radius 1 is 0.976 bits per heavy atom. The minimum Gasteiger partial charge on any atom is -0.491 e. The van der Waals surface area contributed by atoms with E-state index in [0.717, 1.165) is 11.3 Å². The number of benzene rings is 3. The molecule has 0 saturated carbocycles. The lowest BCUT2D eigenvalue weighted by molar-refractivity contribution is -0.141. The number of carbonyl (C=O) groups is 3. The van der Waals surface area contributed by atoms with Crippen molar-refractivity contribution in [3.8, 4) is 5.75 Å². The number of carbonyl (C=O) groups excluding carboxylic acids is 3. The number of nitrogens with zero attached hydrogens (tertiary/aromatic N) is 1. The van der Waals surface area contributed by atoms with Crippen LogP contribution in [0.2, 0.25) is 0 Å². The zero-order chi connectivity index (χ0) is 29.4. The molecule has 1 saturated heterocycles. The highest BCUT2D eigenvalue weighted by atomic mass is 32.2. The Balaban J connectivity index is 1.40. The van der Waals surface area contributed by atoms with Gasteiger partial charge in [0.05, 0.1) is 19.0 Å². The molecule has 4 rings (SSSR count). The summed E-state index contributed by atoms with van der Waals surface area (Å²) in [6, 6.07) is 22.8. The maximum absolute atomic E-state index is 13.2. The van der Waals surface area contributed by atoms with Crippen molar-refractivity contribution in [1.29, 1.82) is 0 Å². The van der Waals surface area contributed by atoms with E-state index in [4.69, 9.17) is 14.2 Å². The molecule has 216 valence electrons. The standard InChI is InChI=1S/C32H36N2O6S/c1-32(2,3)40-31(37)34-21-41-20-24(34)19-39-25-16-14-22(15-17-25)18-28(30(36)38-4)33-27-13-9-8-12-26(27)29(35)23-10-6-5-7-11-23/h5-17,24,28,33H,18-21H2,1-4H3/t24?,28-/m1/s1. The maximum atomic E-state index is 13.2. The van der Waals surface area contributed by atoms with Crippen LogP contribution in [0.4, 0.5) is 10.5 Å². The first kappa shape index (κ1) is 30.0. The Morgan fingerprint density at radius 3 is 2.34 bits per heavy atom. The van der Waals surface area contributed by atoms with E-state index in [2.05, 4.69) is 5.32 Å². The van der Waals surface area contributed by atoms with Crippen LogP contribution in [0.1, 0.15) is 42.3 Å². The quantitative estimate of drug-likeness (QED) is 0.239. The van der Waals surface area contributed by atoms with E-state index in [1.165, 1.54) is 7.11 Å². The van der Waals surface area contributed by atoms with Crippen LogP contribution in [0.15, 0.2) is 78.9 Å². The first-order valence-electron chi connectivity index (χ1n) is 13.5. The number of rotatable bonds is 10. The van der Waals surface area contributed by atoms with Gasteiger partial charge in [-0.1, -0.05) is 54.6 Å². The van der Waals surface area contributed by atoms with Crippen molar-refractivity contribution < 1.29 is 28.6 Å². The number of esters is 1. The highest BCUT2D eigenvalue weighted by Gasteiger charge is 2.33. The molecular formula is C32H36N2O6S. The lowest BCUT2D eigenvalue weighted by atomic mass is 10.00. The Hall–Kier alpha value is -3.98. The van der Waals surface area contributed by atoms with E-state index in [0.29, 0.717) is 41.5 Å². The van der Waals surface area contributed by atoms with E-state index in [9.17, 15) is 14.4 Å². The number of anilines is 1. The zero-order valence-corrected chi connectivity index (χ0v) is 24.6. The molecule has 0 spiro atoms. The first-order valence-corrected chi connectivity index (χ1v) is 14.6. The smallest absolute Gasteiger partial charge is 0.411 e. The van der Waals surface area contributed by atoms with Crippen LogP contribution in [0, 0.1) is 0 Å². The van der Waals surface area contributed by atoms with Crippen LogP contribution in [-0.2, 0) is 20.7 Å². The molecule has 1 fully saturated rings. The average molecular weight is 577 g/mol. The molecule has 1 unspecified atom stereocenters. The summed E-state index contributed by atoms with van der Waals surface area (Å²) < 4.78 is 16.6. The molecule has 3 aromatic rings. The Labute approximate surface area is 245 Å². The minimum absolute atomic E-state index is 0.0823. The van der Waals surface area contributed by atoms with Gasteiger partial charge in [0.1, 0.15) is 24.0 Å². The number of ether oxygens (including phenoxy) is 3. The summed E-state index contributed by atoms with van der Waals surface area (Å²) in [6.07, 6.45) is 0.00630. The molecule has 1 aliphatic heterocycles. The van der Waals surface area contributed by atoms with Crippen molar-refractivity contribution in [3.05, 3.63) is 95.6 Å². The highest BCUT2D eigenvalue weighted by Crippen LogP contribution is 2.25. The summed E-state index contributed by atoms with van der Waals surface area (Å²) in [7, 11) is 1.34. The van der Waals surface area contributed by atoms with Crippen LogP contribution in [0.3, 0.4) is 0 Å². The molecule has 0 bridgehead atoms. The second-order valence-corrected chi connectivity index (χ2v) is 11.7. The van der Waals surface area contributed by atoms with Crippen LogP contribution in [-0.4, -0.2) is 65.8 Å². The SMILES string of the molecule is COC(=O)[C@@H](Cc1ccc(OCC2CSCN2C(=O)OC(C)(C)C)cc1)Nc1ccccc1C(=O)c1ccccc1. The average Bonchev–Trinajstić information content (AvgIpc) is 3.44. The lowest BCUT2D eigenvalue weighted by Gasteiger charge is -2.28. The normalized spacial score (nSPS) is 15.6. The summed E-state index contributed by atoms with van der Waals surface area (Å²) in [5.74, 6) is 1.44. The van der Waals surface area contributed by atoms with Crippen LogP contribution in [0.5, 0.6) is 5.75 Å². The second kappa shape index (κ2) is 13.6. The lowest BCUT2D eigenvalue weighted by Crippen LogP contribution is -2.43. The van der Waals surface area contributed by atoms with Crippen LogP contribution < -0.4 is 10.1 Å². The molecule has 41 heavy (non-hydrogen) atoms. The fourth-order valence-corrected chi connectivity index (χ4v) is 5.53. The van der Waals surface area contributed by atoms with Gasteiger partial charge in [0.25, 0.3) is 0 Å². The Kier molecular flexibility index (Phi) is 9.94. The predicted octanol–water partition coefficient (Wildman–Crippen LogP) is 5.80. The van der Waals surface area contributed by atoms with Crippen molar-refractivity contribution in [2.75, 3.05) is 30.7 Å². The van der Waals surface area contributed by atoms with Gasteiger partial charge in [0.15, 0.2) is 5.78 Å². The summed E-state index contributed by atoms with van der Waals surface area (Å²) in [5, 5.41) is 3.23. The summed E-state index contributed by atoms with van der Waals surface area (Å²) >= 11 is 1.67. The zero-order valence-electron chi connectivity index (χ0n) is 23.8. The van der Waals surface area contributed by atoms with Gasteiger partial charge < -0.3 is 19.5 Å². The topological polar surface area (TPSA) is 94.2 Å². The van der Waals surface area contributed by atoms with Gasteiger partial charge >= 0.3 is 12.1 Å². The maximum Gasteiger partial charge on any atom is 0.411 e. The molecule has 9 heteroatoms. The number of methoxy groups -OCH3 is 1. The molecule has 1 amide bonds. The molecule has 0 aliphatic carbocycles. The largest absolute Gasteiger partial charge is 0.491 e. The number of amides is 1. The molecule has 1 heterocycles. The van der Waals surface area contributed by atoms with Crippen molar-refractivity contribution in [1.82, 2.24) is 4.90 Å². The summed E-state index contributed by atoms with van der Waals surface area (Å²) in [5.41, 5.74) is 1.93. The first-order chi connectivity index (χ1) is 19.6. The van der Waals surface area contributed by atoms with E-state index in [-0.39, 0.29) is 17.9 Å². The van der Waals surface area contributed by atoms with E-state index in [1.807, 2.05) is 69.3 Å². The minimum atomic E-state index is -0.714. The number of thioether (sulfide) groups is 1. The van der Waals surface area contributed by atoms with Crippen molar-refractivity contribution in [2.24, 2.45) is 0 Å². The Bertz CT molecular complexity index is 1340. The molecular weight excluding hydrogens is 540 g/mol. The number of hydrogen-bond donors (Lipinski definition) is 1. The fourth-order valence-electron chi connectivity index (χ4n) is 4.37. The van der Waals surface area contributed by atoms with Gasteiger partial charge in [0, 0.05) is 29.0 Å². The fraction of sp³-hybridized carbons (Fsp3) is 0.344. The van der Waals surface area contributed by atoms with Crippen LogP contribution in [0.25, 0.3) is 0 Å².